The van der Waals surface area contributed by atoms with Gasteiger partial charge in [0.1, 0.15) is 5.82 Å². The number of anilines is 2. The highest BCUT2D eigenvalue weighted by atomic mass is 35.5. The average Bonchev–Trinajstić information content (AvgIpc) is 2.84. The van der Waals surface area contributed by atoms with Crippen molar-refractivity contribution in [3.63, 3.8) is 0 Å². The lowest BCUT2D eigenvalue weighted by molar-refractivity contribution is 0.0747. The maximum Gasteiger partial charge on any atom is 0.253 e. The number of piperazine rings is 1. The van der Waals surface area contributed by atoms with Crippen molar-refractivity contribution in [1.82, 2.24) is 4.90 Å². The fourth-order valence-corrected chi connectivity index (χ4v) is 5.25. The molecule has 1 heterocycles. The summed E-state index contributed by atoms with van der Waals surface area (Å²) in [5.41, 5.74) is 3.32. The molecule has 4 rings (SSSR count). The largest absolute Gasteiger partial charge is 0.368 e. The topological polar surface area (TPSA) is 60.9 Å². The Bertz CT molecular complexity index is 1320. The summed E-state index contributed by atoms with van der Waals surface area (Å²) in [4.78, 5) is 17.1. The van der Waals surface area contributed by atoms with Crippen molar-refractivity contribution >= 4 is 38.9 Å². The summed E-state index contributed by atoms with van der Waals surface area (Å²) in [7, 11) is -3.67. The van der Waals surface area contributed by atoms with Gasteiger partial charge in [-0.25, -0.2) is 12.8 Å². The van der Waals surface area contributed by atoms with Crippen LogP contribution in [0.5, 0.6) is 0 Å². The zero-order valence-corrected chi connectivity index (χ0v) is 21.2. The predicted octanol–water partition coefficient (Wildman–Crippen LogP) is 4.72. The van der Waals surface area contributed by atoms with Gasteiger partial charge >= 0.3 is 0 Å². The number of amides is 1. The van der Waals surface area contributed by atoms with Crippen LogP contribution in [0.1, 0.15) is 21.5 Å². The van der Waals surface area contributed by atoms with Gasteiger partial charge in [0.05, 0.1) is 18.5 Å². The van der Waals surface area contributed by atoms with Crippen molar-refractivity contribution in [3.8, 4) is 0 Å². The number of halogens is 2. The van der Waals surface area contributed by atoms with Crippen molar-refractivity contribution in [3.05, 3.63) is 94.3 Å². The molecule has 9 heteroatoms. The molecular weight excluding hydrogens is 489 g/mol. The predicted molar refractivity (Wildman–Crippen MR) is 138 cm³/mol. The highest BCUT2D eigenvalue weighted by molar-refractivity contribution is 7.92. The molecule has 0 spiro atoms. The molecule has 0 radical (unpaired) electrons. The van der Waals surface area contributed by atoms with Crippen LogP contribution in [0.25, 0.3) is 0 Å². The van der Waals surface area contributed by atoms with Crippen LogP contribution in [0.4, 0.5) is 15.8 Å². The van der Waals surface area contributed by atoms with Crippen LogP contribution < -0.4 is 9.21 Å². The van der Waals surface area contributed by atoms with Gasteiger partial charge in [0.15, 0.2) is 0 Å². The minimum Gasteiger partial charge on any atom is -0.368 e. The summed E-state index contributed by atoms with van der Waals surface area (Å²) in [6.45, 7) is 4.41. The highest BCUT2D eigenvalue weighted by Crippen LogP contribution is 2.26. The molecule has 1 amide bonds. The standard InChI is InChI=1S/C26H27ClFN3O3S/c1-19-7-10-22(27)17-25(19)29-13-15-30(16-14-29)26(32)20-8-11-23(12-9-20)31(35(2,33)34)18-21-5-3-4-6-24(21)28/h3-12,17H,13-16,18H2,1-2H3. The Morgan fingerprint density at radius 3 is 2.29 bits per heavy atom. The Balaban J connectivity index is 1.45. The number of benzene rings is 3. The first kappa shape index (κ1) is 25.0. The van der Waals surface area contributed by atoms with Gasteiger partial charge in [-0.05, 0) is 55.0 Å². The van der Waals surface area contributed by atoms with Crippen LogP contribution in [-0.2, 0) is 16.6 Å². The number of carbonyl (C=O) groups is 1. The molecular formula is C26H27ClFN3O3S. The average molecular weight is 516 g/mol. The van der Waals surface area contributed by atoms with Crippen LogP contribution in [0, 0.1) is 12.7 Å². The number of carbonyl (C=O) groups excluding carboxylic acids is 1. The van der Waals surface area contributed by atoms with Crippen molar-refractivity contribution in [2.75, 3.05) is 41.6 Å². The molecule has 1 aliphatic heterocycles. The van der Waals surface area contributed by atoms with Gasteiger partial charge in [-0.1, -0.05) is 35.9 Å². The fourth-order valence-electron chi connectivity index (χ4n) is 4.21. The Kier molecular flexibility index (Phi) is 7.33. The summed E-state index contributed by atoms with van der Waals surface area (Å²) in [6, 6.07) is 18.3. The lowest BCUT2D eigenvalue weighted by atomic mass is 10.1. The van der Waals surface area contributed by atoms with E-state index in [9.17, 15) is 17.6 Å². The van der Waals surface area contributed by atoms with E-state index in [1.807, 2.05) is 25.1 Å². The van der Waals surface area contributed by atoms with E-state index in [1.165, 1.54) is 6.07 Å². The maximum absolute atomic E-state index is 14.1. The van der Waals surface area contributed by atoms with Crippen LogP contribution in [-0.4, -0.2) is 51.7 Å². The summed E-state index contributed by atoms with van der Waals surface area (Å²) in [5.74, 6) is -0.584. The van der Waals surface area contributed by atoms with Gasteiger partial charge in [-0.15, -0.1) is 0 Å². The van der Waals surface area contributed by atoms with E-state index in [0.29, 0.717) is 42.5 Å². The highest BCUT2D eigenvalue weighted by Gasteiger charge is 2.24. The molecule has 0 aliphatic carbocycles. The zero-order valence-electron chi connectivity index (χ0n) is 19.6. The third-order valence-corrected chi connectivity index (χ3v) is 7.53. The van der Waals surface area contributed by atoms with Crippen LogP contribution in [0.2, 0.25) is 5.02 Å². The second-order valence-corrected chi connectivity index (χ2v) is 11.0. The molecule has 0 aromatic heterocycles. The molecule has 1 aliphatic rings. The number of nitrogens with zero attached hydrogens (tertiary/aromatic N) is 3. The van der Waals surface area contributed by atoms with Gasteiger partial charge in [0.25, 0.3) is 5.91 Å². The monoisotopic (exact) mass is 515 g/mol. The minimum atomic E-state index is -3.67. The molecule has 0 saturated carbocycles. The summed E-state index contributed by atoms with van der Waals surface area (Å²) in [6.07, 6.45) is 1.08. The van der Waals surface area contributed by atoms with Gasteiger partial charge in [-0.2, -0.15) is 0 Å². The molecule has 35 heavy (non-hydrogen) atoms. The van der Waals surface area contributed by atoms with E-state index in [4.69, 9.17) is 11.6 Å². The van der Waals surface area contributed by atoms with Crippen molar-refractivity contribution < 1.29 is 17.6 Å². The van der Waals surface area contributed by atoms with Crippen molar-refractivity contribution in [1.29, 1.82) is 0 Å². The van der Waals surface area contributed by atoms with E-state index in [1.54, 1.807) is 47.4 Å². The second kappa shape index (κ2) is 10.3. The molecule has 0 atom stereocenters. The van der Waals surface area contributed by atoms with E-state index < -0.39 is 15.8 Å². The Hall–Kier alpha value is -3.10. The maximum atomic E-state index is 14.1. The quantitative estimate of drug-likeness (QED) is 0.477. The molecule has 184 valence electrons. The van der Waals surface area contributed by atoms with Crippen molar-refractivity contribution in [2.24, 2.45) is 0 Å². The van der Waals surface area contributed by atoms with Gasteiger partial charge in [0, 0.05) is 48.0 Å². The lowest BCUT2D eigenvalue weighted by Gasteiger charge is -2.37. The van der Waals surface area contributed by atoms with Gasteiger partial charge in [-0.3, -0.25) is 9.10 Å². The summed E-state index contributed by atoms with van der Waals surface area (Å²) >= 11 is 6.16. The molecule has 1 fully saturated rings. The Labute approximate surface area is 210 Å². The number of aryl methyl sites for hydroxylation is 1. The summed E-state index contributed by atoms with van der Waals surface area (Å²) < 4.78 is 40.1. The molecule has 0 unspecified atom stereocenters. The second-order valence-electron chi connectivity index (χ2n) is 8.62. The van der Waals surface area contributed by atoms with Crippen LogP contribution in [0.15, 0.2) is 66.7 Å². The minimum absolute atomic E-state index is 0.112. The zero-order chi connectivity index (χ0) is 25.2. The third kappa shape index (κ3) is 5.77. The summed E-state index contributed by atoms with van der Waals surface area (Å²) in [5, 5.41) is 0.683. The van der Waals surface area contributed by atoms with Crippen LogP contribution in [0.3, 0.4) is 0 Å². The number of hydrogen-bond acceptors (Lipinski definition) is 4. The first-order valence-corrected chi connectivity index (χ1v) is 13.5. The molecule has 3 aromatic rings. The normalized spacial score (nSPS) is 14.2. The third-order valence-electron chi connectivity index (χ3n) is 6.15. The van der Waals surface area contributed by atoms with E-state index in [2.05, 4.69) is 4.90 Å². The SMILES string of the molecule is Cc1ccc(Cl)cc1N1CCN(C(=O)c2ccc(N(Cc3ccccc3F)S(C)(=O)=O)cc2)CC1. The van der Waals surface area contributed by atoms with Gasteiger partial charge < -0.3 is 9.80 Å². The lowest BCUT2D eigenvalue weighted by Crippen LogP contribution is -2.49. The fraction of sp³-hybridized carbons (Fsp3) is 0.269. The van der Waals surface area contributed by atoms with Crippen molar-refractivity contribution in [2.45, 2.75) is 13.5 Å². The smallest absolute Gasteiger partial charge is 0.253 e. The number of hydrogen-bond donors (Lipinski definition) is 0. The molecule has 6 nitrogen and oxygen atoms in total. The molecule has 3 aromatic carbocycles. The van der Waals surface area contributed by atoms with Gasteiger partial charge in [0.2, 0.25) is 10.0 Å². The molecule has 0 bridgehead atoms. The molecule has 0 N–H and O–H groups in total. The first-order valence-electron chi connectivity index (χ1n) is 11.2. The Morgan fingerprint density at radius 2 is 1.66 bits per heavy atom. The van der Waals surface area contributed by atoms with E-state index >= 15 is 0 Å². The number of rotatable bonds is 6. The van der Waals surface area contributed by atoms with Crippen LogP contribution >= 0.6 is 11.6 Å². The van der Waals surface area contributed by atoms with E-state index in [0.717, 1.165) is 21.8 Å². The Morgan fingerprint density at radius 1 is 1.00 bits per heavy atom. The van der Waals surface area contributed by atoms with E-state index in [-0.39, 0.29) is 18.0 Å². The number of sulfonamides is 1. The first-order chi connectivity index (χ1) is 16.6. The molecule has 1 saturated heterocycles.